The standard InChI is InChI=1S/C15H20ClN/c16-13-7-6-11-3-1-4-12(15(11)10-13)9-14-5-2-8-17-14/h6-7,10,12,14,17H,1-5,8-9H2. The molecule has 1 saturated heterocycles. The topological polar surface area (TPSA) is 12.0 Å². The second-order valence-corrected chi connectivity index (χ2v) is 5.90. The van der Waals surface area contributed by atoms with Crippen LogP contribution in [0.25, 0.3) is 0 Å². The molecule has 17 heavy (non-hydrogen) atoms. The molecule has 92 valence electrons. The fraction of sp³-hybridized carbons (Fsp3) is 0.600. The van der Waals surface area contributed by atoms with Gasteiger partial charge in [-0.3, -0.25) is 0 Å². The molecule has 3 rings (SSSR count). The number of benzene rings is 1. The van der Waals surface area contributed by atoms with Crippen molar-refractivity contribution in [2.45, 2.75) is 50.5 Å². The predicted octanol–water partition coefficient (Wildman–Crippen LogP) is 3.90. The van der Waals surface area contributed by atoms with Crippen LogP contribution < -0.4 is 5.32 Å². The molecule has 0 amide bonds. The molecule has 2 unspecified atom stereocenters. The van der Waals surface area contributed by atoms with Crippen molar-refractivity contribution >= 4 is 11.6 Å². The van der Waals surface area contributed by atoms with Crippen molar-refractivity contribution in [1.29, 1.82) is 0 Å². The van der Waals surface area contributed by atoms with Crippen LogP contribution in [-0.2, 0) is 6.42 Å². The highest BCUT2D eigenvalue weighted by atomic mass is 35.5. The molecule has 1 aromatic carbocycles. The fourth-order valence-electron chi connectivity index (χ4n) is 3.41. The summed E-state index contributed by atoms with van der Waals surface area (Å²) in [4.78, 5) is 0. The van der Waals surface area contributed by atoms with E-state index >= 15 is 0 Å². The van der Waals surface area contributed by atoms with E-state index in [1.54, 1.807) is 0 Å². The first-order valence-corrected chi connectivity index (χ1v) is 7.22. The summed E-state index contributed by atoms with van der Waals surface area (Å²) in [5.74, 6) is 0.730. The zero-order valence-corrected chi connectivity index (χ0v) is 11.0. The monoisotopic (exact) mass is 249 g/mol. The number of fused-ring (bicyclic) bond motifs is 1. The minimum Gasteiger partial charge on any atom is -0.314 e. The van der Waals surface area contributed by atoms with Crippen molar-refractivity contribution in [2.24, 2.45) is 0 Å². The van der Waals surface area contributed by atoms with E-state index in [0.29, 0.717) is 0 Å². The molecule has 1 heterocycles. The third-order valence-electron chi connectivity index (χ3n) is 4.28. The van der Waals surface area contributed by atoms with Crippen LogP contribution >= 0.6 is 11.6 Å². The van der Waals surface area contributed by atoms with E-state index in [9.17, 15) is 0 Å². The Morgan fingerprint density at radius 1 is 1.24 bits per heavy atom. The number of nitrogens with one attached hydrogen (secondary N) is 1. The number of aryl methyl sites for hydroxylation is 1. The molecule has 1 nitrogen and oxygen atoms in total. The molecule has 2 atom stereocenters. The number of rotatable bonds is 2. The third kappa shape index (κ3) is 2.51. The molecule has 2 heteroatoms. The molecule has 1 aromatic rings. The largest absolute Gasteiger partial charge is 0.314 e. The van der Waals surface area contributed by atoms with Gasteiger partial charge in [0.2, 0.25) is 0 Å². The van der Waals surface area contributed by atoms with E-state index in [1.165, 1.54) is 56.2 Å². The van der Waals surface area contributed by atoms with Crippen LogP contribution in [0.2, 0.25) is 5.02 Å². The summed E-state index contributed by atoms with van der Waals surface area (Å²) in [5.41, 5.74) is 3.06. The Hall–Kier alpha value is -0.530. The van der Waals surface area contributed by atoms with Crippen LogP contribution in [0.3, 0.4) is 0 Å². The smallest absolute Gasteiger partial charge is 0.0409 e. The van der Waals surface area contributed by atoms with Crippen LogP contribution in [0.15, 0.2) is 18.2 Å². The van der Waals surface area contributed by atoms with Gasteiger partial charge in [-0.1, -0.05) is 17.7 Å². The lowest BCUT2D eigenvalue weighted by molar-refractivity contribution is 0.445. The second-order valence-electron chi connectivity index (χ2n) is 5.46. The van der Waals surface area contributed by atoms with Crippen molar-refractivity contribution in [2.75, 3.05) is 6.54 Å². The Morgan fingerprint density at radius 3 is 3.00 bits per heavy atom. The average Bonchev–Trinajstić information content (AvgIpc) is 2.83. The van der Waals surface area contributed by atoms with Crippen molar-refractivity contribution in [3.05, 3.63) is 34.3 Å². The molecule has 1 aliphatic heterocycles. The third-order valence-corrected chi connectivity index (χ3v) is 4.51. The van der Waals surface area contributed by atoms with Crippen molar-refractivity contribution in [1.82, 2.24) is 5.32 Å². The van der Waals surface area contributed by atoms with Crippen LogP contribution in [0.4, 0.5) is 0 Å². The van der Waals surface area contributed by atoms with E-state index in [4.69, 9.17) is 11.6 Å². The van der Waals surface area contributed by atoms with Gasteiger partial charge in [0.1, 0.15) is 0 Å². The van der Waals surface area contributed by atoms with Gasteiger partial charge >= 0.3 is 0 Å². The Bertz CT molecular complexity index is 396. The Kier molecular flexibility index (Phi) is 3.39. The lowest BCUT2D eigenvalue weighted by atomic mass is 9.79. The Labute approximate surface area is 109 Å². The van der Waals surface area contributed by atoms with Gasteiger partial charge < -0.3 is 5.32 Å². The fourth-order valence-corrected chi connectivity index (χ4v) is 3.59. The highest BCUT2D eigenvalue weighted by Crippen LogP contribution is 2.37. The Morgan fingerprint density at radius 2 is 2.18 bits per heavy atom. The summed E-state index contributed by atoms with van der Waals surface area (Å²) in [6, 6.07) is 7.21. The molecular formula is C15H20ClN. The summed E-state index contributed by atoms with van der Waals surface area (Å²) in [7, 11) is 0. The molecule has 0 bridgehead atoms. The van der Waals surface area contributed by atoms with E-state index in [2.05, 4.69) is 17.4 Å². The first-order valence-electron chi connectivity index (χ1n) is 6.84. The van der Waals surface area contributed by atoms with Gasteiger partial charge in [-0.15, -0.1) is 0 Å². The zero-order valence-electron chi connectivity index (χ0n) is 10.2. The van der Waals surface area contributed by atoms with Crippen LogP contribution in [0.1, 0.15) is 49.1 Å². The number of hydrogen-bond acceptors (Lipinski definition) is 1. The molecule has 1 aliphatic carbocycles. The van der Waals surface area contributed by atoms with Gasteiger partial charge in [0.25, 0.3) is 0 Å². The summed E-state index contributed by atoms with van der Waals surface area (Å²) >= 11 is 6.14. The molecule has 0 spiro atoms. The molecule has 2 aliphatic rings. The van der Waals surface area contributed by atoms with Gasteiger partial charge in [0.05, 0.1) is 0 Å². The first-order chi connectivity index (χ1) is 8.33. The number of halogens is 1. The summed E-state index contributed by atoms with van der Waals surface area (Å²) in [6.07, 6.45) is 7.91. The molecular weight excluding hydrogens is 230 g/mol. The molecule has 0 radical (unpaired) electrons. The van der Waals surface area contributed by atoms with Crippen molar-refractivity contribution in [3.8, 4) is 0 Å². The maximum atomic E-state index is 6.14. The summed E-state index contributed by atoms with van der Waals surface area (Å²) < 4.78 is 0. The lowest BCUT2D eigenvalue weighted by Gasteiger charge is -2.28. The number of hydrogen-bond donors (Lipinski definition) is 1. The van der Waals surface area contributed by atoms with Gasteiger partial charge in [-0.25, -0.2) is 0 Å². The lowest BCUT2D eigenvalue weighted by Crippen LogP contribution is -2.25. The van der Waals surface area contributed by atoms with Crippen LogP contribution in [0.5, 0.6) is 0 Å². The average molecular weight is 250 g/mol. The second kappa shape index (κ2) is 4.99. The van der Waals surface area contributed by atoms with Crippen LogP contribution in [-0.4, -0.2) is 12.6 Å². The van der Waals surface area contributed by atoms with Crippen molar-refractivity contribution < 1.29 is 0 Å². The van der Waals surface area contributed by atoms with Gasteiger partial charge in [0, 0.05) is 11.1 Å². The molecule has 1 N–H and O–H groups in total. The van der Waals surface area contributed by atoms with Crippen LogP contribution in [0, 0.1) is 0 Å². The highest BCUT2D eigenvalue weighted by Gasteiger charge is 2.25. The minimum atomic E-state index is 0.730. The summed E-state index contributed by atoms with van der Waals surface area (Å²) in [6.45, 7) is 1.21. The summed E-state index contributed by atoms with van der Waals surface area (Å²) in [5, 5.41) is 4.51. The zero-order chi connectivity index (χ0) is 11.7. The molecule has 0 aromatic heterocycles. The van der Waals surface area contributed by atoms with E-state index in [1.807, 2.05) is 6.07 Å². The SMILES string of the molecule is Clc1ccc2c(c1)C(CC1CCCN1)CCC2. The maximum Gasteiger partial charge on any atom is 0.0409 e. The maximum absolute atomic E-state index is 6.14. The minimum absolute atomic E-state index is 0.730. The van der Waals surface area contributed by atoms with Crippen molar-refractivity contribution in [3.63, 3.8) is 0 Å². The highest BCUT2D eigenvalue weighted by molar-refractivity contribution is 6.30. The van der Waals surface area contributed by atoms with E-state index in [0.717, 1.165) is 17.0 Å². The Balaban J connectivity index is 1.80. The molecule has 0 saturated carbocycles. The normalized spacial score (nSPS) is 28.1. The van der Waals surface area contributed by atoms with E-state index in [-0.39, 0.29) is 0 Å². The van der Waals surface area contributed by atoms with Gasteiger partial charge in [-0.05, 0) is 74.2 Å². The van der Waals surface area contributed by atoms with Gasteiger partial charge in [-0.2, -0.15) is 0 Å². The van der Waals surface area contributed by atoms with Gasteiger partial charge in [0.15, 0.2) is 0 Å². The van der Waals surface area contributed by atoms with E-state index < -0.39 is 0 Å². The first kappa shape index (κ1) is 11.6. The predicted molar refractivity (Wildman–Crippen MR) is 72.8 cm³/mol. The quantitative estimate of drug-likeness (QED) is 0.838. The molecule has 1 fully saturated rings.